The van der Waals surface area contributed by atoms with Crippen LogP contribution in [0.4, 0.5) is 0 Å². The Bertz CT molecular complexity index is 529. The fourth-order valence-electron chi connectivity index (χ4n) is 3.59. The van der Waals surface area contributed by atoms with Crippen molar-refractivity contribution < 1.29 is 4.79 Å². The minimum atomic E-state index is -0.619. The van der Waals surface area contributed by atoms with Gasteiger partial charge in [0.25, 0.3) is 0 Å². The summed E-state index contributed by atoms with van der Waals surface area (Å²) in [4.78, 5) is 12.1. The third-order valence-electron chi connectivity index (χ3n) is 5.00. The summed E-state index contributed by atoms with van der Waals surface area (Å²) in [5, 5.41) is 11.6. The van der Waals surface area contributed by atoms with Gasteiger partial charge >= 0.3 is 0 Å². The molecule has 0 aromatic carbocycles. The van der Waals surface area contributed by atoms with Gasteiger partial charge in [-0.3, -0.25) is 4.79 Å². The lowest BCUT2D eigenvalue weighted by molar-refractivity contribution is -0.126. The molecule has 1 aliphatic heterocycles. The normalized spacial score (nSPS) is 18.7. The van der Waals surface area contributed by atoms with Crippen molar-refractivity contribution >= 4 is 30.7 Å². The van der Waals surface area contributed by atoms with Crippen molar-refractivity contribution in [2.45, 2.75) is 76.3 Å². The van der Waals surface area contributed by atoms with Crippen molar-refractivity contribution in [2.75, 3.05) is 6.54 Å². The Hall–Kier alpha value is -0.850. The molecule has 2 aliphatic rings. The smallest absolute Gasteiger partial charge is 0.240 e. The van der Waals surface area contributed by atoms with Gasteiger partial charge in [0.15, 0.2) is 0 Å². The van der Waals surface area contributed by atoms with E-state index in [0.717, 1.165) is 63.1 Å². The quantitative estimate of drug-likeness (QED) is 0.769. The van der Waals surface area contributed by atoms with Gasteiger partial charge in [-0.15, -0.1) is 35.0 Å². The predicted octanol–water partition coefficient (Wildman–Crippen LogP) is 2.17. The molecule has 0 spiro atoms. The van der Waals surface area contributed by atoms with Crippen LogP contribution in [0.3, 0.4) is 0 Å². The van der Waals surface area contributed by atoms with Crippen LogP contribution in [0.25, 0.3) is 0 Å². The molecule has 138 valence electrons. The topological polar surface area (TPSA) is 85.8 Å². The Morgan fingerprint density at radius 2 is 1.88 bits per heavy atom. The van der Waals surface area contributed by atoms with E-state index < -0.39 is 5.54 Å². The summed E-state index contributed by atoms with van der Waals surface area (Å²) in [5.41, 5.74) is 5.53. The second-order valence-corrected chi connectivity index (χ2v) is 6.72. The van der Waals surface area contributed by atoms with E-state index in [1.807, 2.05) is 0 Å². The molecule has 1 aromatic heterocycles. The monoisotopic (exact) mass is 377 g/mol. The SMILES string of the molecule is Cl.Cl.NC1(C(=O)NCCCc2nnc3n2CCCCC3)CCCC1. The molecule has 1 amide bonds. The Kier molecular flexibility index (Phi) is 8.46. The lowest BCUT2D eigenvalue weighted by atomic mass is 9.98. The maximum absolute atomic E-state index is 12.1. The van der Waals surface area contributed by atoms with Crippen molar-refractivity contribution in [3.8, 4) is 0 Å². The highest BCUT2D eigenvalue weighted by Crippen LogP contribution is 2.27. The lowest BCUT2D eigenvalue weighted by Gasteiger charge is -2.22. The Morgan fingerprint density at radius 1 is 1.12 bits per heavy atom. The fourth-order valence-corrected chi connectivity index (χ4v) is 3.59. The lowest BCUT2D eigenvalue weighted by Crippen LogP contribution is -2.52. The molecule has 24 heavy (non-hydrogen) atoms. The van der Waals surface area contributed by atoms with E-state index in [4.69, 9.17) is 5.73 Å². The van der Waals surface area contributed by atoms with E-state index in [9.17, 15) is 4.79 Å². The third-order valence-corrected chi connectivity index (χ3v) is 5.00. The van der Waals surface area contributed by atoms with Crippen molar-refractivity contribution in [3.05, 3.63) is 11.6 Å². The first kappa shape index (κ1) is 21.2. The molecule has 0 bridgehead atoms. The van der Waals surface area contributed by atoms with Crippen molar-refractivity contribution in [2.24, 2.45) is 5.73 Å². The summed E-state index contributed by atoms with van der Waals surface area (Å²) in [6.45, 7) is 1.70. The summed E-state index contributed by atoms with van der Waals surface area (Å²) < 4.78 is 2.27. The van der Waals surface area contributed by atoms with Gasteiger partial charge in [-0.25, -0.2) is 0 Å². The van der Waals surface area contributed by atoms with Gasteiger partial charge in [-0.05, 0) is 32.1 Å². The fraction of sp³-hybridized carbons (Fsp3) is 0.812. The van der Waals surface area contributed by atoms with E-state index in [-0.39, 0.29) is 30.7 Å². The molecule has 8 heteroatoms. The molecule has 6 nitrogen and oxygen atoms in total. The minimum Gasteiger partial charge on any atom is -0.354 e. The molecule has 3 N–H and O–H groups in total. The van der Waals surface area contributed by atoms with Crippen LogP contribution < -0.4 is 11.1 Å². The second kappa shape index (κ2) is 9.59. The zero-order chi connectivity index (χ0) is 15.4. The standard InChI is InChI=1S/C16H27N5O.2ClH/c17-16(9-3-4-10-16)15(22)18-11-6-8-14-20-19-13-7-2-1-5-12-21(13)14;;/h1-12,17H2,(H,18,22);2*1H. The molecule has 1 fully saturated rings. The average molecular weight is 378 g/mol. The van der Waals surface area contributed by atoms with Crippen LogP contribution in [0.15, 0.2) is 0 Å². The molecule has 0 saturated heterocycles. The first-order chi connectivity index (χ1) is 10.7. The Labute approximate surface area is 156 Å². The van der Waals surface area contributed by atoms with Crippen LogP contribution in [0.1, 0.15) is 63.0 Å². The number of halogens is 2. The summed E-state index contributed by atoms with van der Waals surface area (Å²) in [5.74, 6) is 2.21. The van der Waals surface area contributed by atoms with Crippen molar-refractivity contribution in [1.29, 1.82) is 0 Å². The van der Waals surface area contributed by atoms with Crippen LogP contribution in [0.2, 0.25) is 0 Å². The molecule has 2 heterocycles. The largest absolute Gasteiger partial charge is 0.354 e. The number of hydrogen-bond donors (Lipinski definition) is 2. The molecular formula is C16H29Cl2N5O. The maximum Gasteiger partial charge on any atom is 0.240 e. The number of nitrogens with zero attached hydrogens (tertiary/aromatic N) is 3. The maximum atomic E-state index is 12.1. The van der Waals surface area contributed by atoms with Crippen LogP contribution >= 0.6 is 24.8 Å². The summed E-state index contributed by atoms with van der Waals surface area (Å²) >= 11 is 0. The molecule has 0 unspecified atom stereocenters. The number of fused-ring (bicyclic) bond motifs is 1. The summed E-state index contributed by atoms with van der Waals surface area (Å²) in [7, 11) is 0. The van der Waals surface area contributed by atoms with Gasteiger partial charge < -0.3 is 15.6 Å². The van der Waals surface area contributed by atoms with E-state index in [1.165, 1.54) is 19.3 Å². The number of rotatable bonds is 5. The molecule has 0 radical (unpaired) electrons. The number of amides is 1. The number of aryl methyl sites for hydroxylation is 2. The minimum absolute atomic E-state index is 0. The highest BCUT2D eigenvalue weighted by Gasteiger charge is 2.36. The molecule has 1 aromatic rings. The summed E-state index contributed by atoms with van der Waals surface area (Å²) in [6.07, 6.45) is 10.3. The van der Waals surface area contributed by atoms with Gasteiger partial charge in [0.05, 0.1) is 5.54 Å². The van der Waals surface area contributed by atoms with E-state index >= 15 is 0 Å². The molecule has 3 rings (SSSR count). The molecular weight excluding hydrogens is 349 g/mol. The number of carbonyl (C=O) groups excluding carboxylic acids is 1. The average Bonchev–Trinajstić information content (AvgIpc) is 3.04. The Balaban J connectivity index is 0.00000144. The predicted molar refractivity (Wildman–Crippen MR) is 98.8 cm³/mol. The number of carbonyl (C=O) groups is 1. The Morgan fingerprint density at radius 3 is 2.62 bits per heavy atom. The highest BCUT2D eigenvalue weighted by atomic mass is 35.5. The summed E-state index contributed by atoms with van der Waals surface area (Å²) in [6, 6.07) is 0. The molecule has 1 aliphatic carbocycles. The van der Waals surface area contributed by atoms with Crippen LogP contribution in [0.5, 0.6) is 0 Å². The van der Waals surface area contributed by atoms with Crippen molar-refractivity contribution in [1.82, 2.24) is 20.1 Å². The van der Waals surface area contributed by atoms with Gasteiger partial charge in [0.2, 0.25) is 5.91 Å². The highest BCUT2D eigenvalue weighted by molar-refractivity contribution is 5.86. The van der Waals surface area contributed by atoms with Gasteiger partial charge in [-0.1, -0.05) is 19.3 Å². The van der Waals surface area contributed by atoms with Crippen LogP contribution in [-0.2, 0) is 24.2 Å². The van der Waals surface area contributed by atoms with E-state index in [0.29, 0.717) is 6.54 Å². The van der Waals surface area contributed by atoms with Gasteiger partial charge in [-0.2, -0.15) is 0 Å². The first-order valence-corrected chi connectivity index (χ1v) is 8.67. The van der Waals surface area contributed by atoms with Crippen LogP contribution in [-0.4, -0.2) is 32.8 Å². The number of nitrogens with two attached hydrogens (primary N) is 1. The zero-order valence-corrected chi connectivity index (χ0v) is 15.8. The van der Waals surface area contributed by atoms with Gasteiger partial charge in [0.1, 0.15) is 11.6 Å². The van der Waals surface area contributed by atoms with E-state index in [2.05, 4.69) is 20.1 Å². The molecule has 0 atom stereocenters. The zero-order valence-electron chi connectivity index (χ0n) is 14.1. The number of aromatic nitrogens is 3. The van der Waals surface area contributed by atoms with E-state index in [1.54, 1.807) is 0 Å². The number of nitrogens with one attached hydrogen (secondary N) is 1. The third kappa shape index (κ3) is 4.83. The van der Waals surface area contributed by atoms with Gasteiger partial charge in [0, 0.05) is 25.9 Å². The first-order valence-electron chi connectivity index (χ1n) is 8.67. The van der Waals surface area contributed by atoms with Crippen LogP contribution in [0, 0.1) is 0 Å². The van der Waals surface area contributed by atoms with Crippen molar-refractivity contribution in [3.63, 3.8) is 0 Å². The molecule has 1 saturated carbocycles. The second-order valence-electron chi connectivity index (χ2n) is 6.72. The number of hydrogen-bond acceptors (Lipinski definition) is 4.